The summed E-state index contributed by atoms with van der Waals surface area (Å²) in [7, 11) is 0. The lowest BCUT2D eigenvalue weighted by molar-refractivity contribution is -0.149. The Labute approximate surface area is 125 Å². The smallest absolute Gasteiger partial charge is 0.326 e. The van der Waals surface area contributed by atoms with Crippen LogP contribution in [0.2, 0.25) is 0 Å². The predicted molar refractivity (Wildman–Crippen MR) is 76.6 cm³/mol. The molecule has 2 amide bonds. The maximum atomic E-state index is 12.5. The summed E-state index contributed by atoms with van der Waals surface area (Å²) >= 11 is 0. The average molecular weight is 296 g/mol. The van der Waals surface area contributed by atoms with Gasteiger partial charge in [0.2, 0.25) is 11.8 Å². The van der Waals surface area contributed by atoms with Crippen LogP contribution in [0.25, 0.3) is 0 Å². The molecule has 2 aliphatic rings. The van der Waals surface area contributed by atoms with Gasteiger partial charge in [-0.05, 0) is 26.2 Å². The molecule has 2 rings (SSSR count). The van der Waals surface area contributed by atoms with Gasteiger partial charge < -0.3 is 14.9 Å². The zero-order valence-electron chi connectivity index (χ0n) is 12.7. The van der Waals surface area contributed by atoms with Gasteiger partial charge in [-0.25, -0.2) is 4.79 Å². The van der Waals surface area contributed by atoms with Gasteiger partial charge in [0.15, 0.2) is 0 Å². The zero-order valence-corrected chi connectivity index (χ0v) is 12.7. The Morgan fingerprint density at radius 1 is 1.43 bits per heavy atom. The monoisotopic (exact) mass is 296 g/mol. The van der Waals surface area contributed by atoms with Crippen LogP contribution in [0.4, 0.5) is 0 Å². The van der Waals surface area contributed by atoms with Crippen LogP contribution in [-0.4, -0.2) is 57.9 Å². The first-order valence-electron chi connectivity index (χ1n) is 7.78. The van der Waals surface area contributed by atoms with E-state index in [1.54, 1.807) is 4.90 Å². The van der Waals surface area contributed by atoms with Gasteiger partial charge in [0.25, 0.3) is 0 Å². The Balaban J connectivity index is 2.01. The van der Waals surface area contributed by atoms with Crippen molar-refractivity contribution in [3.8, 4) is 0 Å². The predicted octanol–water partition coefficient (Wildman–Crippen LogP) is 1.10. The highest BCUT2D eigenvalue weighted by atomic mass is 16.4. The van der Waals surface area contributed by atoms with E-state index in [1.165, 1.54) is 4.90 Å². The lowest BCUT2D eigenvalue weighted by Crippen LogP contribution is -2.44. The van der Waals surface area contributed by atoms with Crippen molar-refractivity contribution in [2.45, 2.75) is 58.0 Å². The van der Waals surface area contributed by atoms with E-state index < -0.39 is 12.0 Å². The van der Waals surface area contributed by atoms with Crippen LogP contribution in [0.1, 0.15) is 46.0 Å². The molecule has 3 atom stereocenters. The fraction of sp³-hybridized carbons (Fsp3) is 0.800. The first-order chi connectivity index (χ1) is 9.95. The summed E-state index contributed by atoms with van der Waals surface area (Å²) in [6.45, 7) is 5.00. The SMILES string of the molecule is CCCC(C)N1CC(C(=O)N2CCC[C@H]2C(=O)O)CC1=O. The van der Waals surface area contributed by atoms with E-state index in [1.807, 2.05) is 6.92 Å². The minimum Gasteiger partial charge on any atom is -0.480 e. The molecule has 0 saturated carbocycles. The molecule has 0 aromatic rings. The second-order valence-electron chi connectivity index (χ2n) is 6.11. The number of amides is 2. The molecule has 0 radical (unpaired) electrons. The normalized spacial score (nSPS) is 27.2. The van der Waals surface area contributed by atoms with Crippen molar-refractivity contribution in [3.63, 3.8) is 0 Å². The number of nitrogens with zero attached hydrogens (tertiary/aromatic N) is 2. The molecule has 2 aliphatic heterocycles. The van der Waals surface area contributed by atoms with Crippen molar-refractivity contribution in [2.24, 2.45) is 5.92 Å². The van der Waals surface area contributed by atoms with E-state index in [2.05, 4.69) is 6.92 Å². The van der Waals surface area contributed by atoms with Crippen molar-refractivity contribution < 1.29 is 19.5 Å². The Kier molecular flexibility index (Phi) is 4.85. The van der Waals surface area contributed by atoms with E-state index in [0.717, 1.165) is 19.3 Å². The Morgan fingerprint density at radius 3 is 2.76 bits per heavy atom. The fourth-order valence-corrected chi connectivity index (χ4v) is 3.42. The standard InChI is InChI=1S/C15H24N2O4/c1-3-5-10(2)17-9-11(8-13(17)18)14(19)16-7-4-6-12(16)15(20)21/h10-12H,3-9H2,1-2H3,(H,20,21)/t10?,11?,12-/m0/s1. The zero-order chi connectivity index (χ0) is 15.6. The summed E-state index contributed by atoms with van der Waals surface area (Å²) in [5.74, 6) is -1.47. The summed E-state index contributed by atoms with van der Waals surface area (Å²) in [6, 6.07) is -0.566. The van der Waals surface area contributed by atoms with Gasteiger partial charge in [0.05, 0.1) is 5.92 Å². The van der Waals surface area contributed by atoms with Crippen molar-refractivity contribution in [1.82, 2.24) is 9.80 Å². The number of rotatable bonds is 5. The number of carboxylic acid groups (broad SMARTS) is 1. The van der Waals surface area contributed by atoms with Gasteiger partial charge in [-0.1, -0.05) is 13.3 Å². The van der Waals surface area contributed by atoms with Gasteiger partial charge in [0, 0.05) is 25.6 Å². The Bertz CT molecular complexity index is 437. The van der Waals surface area contributed by atoms with Crippen LogP contribution >= 0.6 is 0 Å². The van der Waals surface area contributed by atoms with E-state index in [0.29, 0.717) is 19.5 Å². The van der Waals surface area contributed by atoms with Crippen LogP contribution in [0, 0.1) is 5.92 Å². The molecule has 118 valence electrons. The first kappa shape index (κ1) is 15.8. The van der Waals surface area contributed by atoms with E-state index in [4.69, 9.17) is 5.11 Å². The lowest BCUT2D eigenvalue weighted by atomic mass is 10.1. The van der Waals surface area contributed by atoms with Crippen LogP contribution in [-0.2, 0) is 14.4 Å². The summed E-state index contributed by atoms with van der Waals surface area (Å²) in [6.07, 6.45) is 3.37. The molecule has 0 bridgehead atoms. The second-order valence-corrected chi connectivity index (χ2v) is 6.11. The van der Waals surface area contributed by atoms with Crippen LogP contribution < -0.4 is 0 Å². The summed E-state index contributed by atoms with van der Waals surface area (Å²) in [5.41, 5.74) is 0. The topological polar surface area (TPSA) is 77.9 Å². The second kappa shape index (κ2) is 6.45. The van der Waals surface area contributed by atoms with E-state index in [9.17, 15) is 14.4 Å². The molecule has 2 saturated heterocycles. The van der Waals surface area contributed by atoms with Crippen LogP contribution in [0.3, 0.4) is 0 Å². The molecule has 2 fully saturated rings. The quantitative estimate of drug-likeness (QED) is 0.824. The number of hydrogen-bond acceptors (Lipinski definition) is 3. The average Bonchev–Trinajstić information content (AvgIpc) is 3.04. The van der Waals surface area contributed by atoms with E-state index >= 15 is 0 Å². The maximum Gasteiger partial charge on any atom is 0.326 e. The third kappa shape index (κ3) is 3.19. The molecule has 21 heavy (non-hydrogen) atoms. The molecule has 1 N–H and O–H groups in total. The Morgan fingerprint density at radius 2 is 2.14 bits per heavy atom. The van der Waals surface area contributed by atoms with Gasteiger partial charge in [-0.15, -0.1) is 0 Å². The number of hydrogen-bond donors (Lipinski definition) is 1. The number of aliphatic carboxylic acids is 1. The van der Waals surface area contributed by atoms with Crippen LogP contribution in [0.5, 0.6) is 0 Å². The third-order valence-electron chi connectivity index (χ3n) is 4.57. The molecular formula is C15H24N2O4. The largest absolute Gasteiger partial charge is 0.480 e. The van der Waals surface area contributed by atoms with Gasteiger partial charge in [-0.3, -0.25) is 9.59 Å². The Hall–Kier alpha value is -1.59. The van der Waals surface area contributed by atoms with Crippen molar-refractivity contribution in [1.29, 1.82) is 0 Å². The van der Waals surface area contributed by atoms with Gasteiger partial charge in [0.1, 0.15) is 6.04 Å². The van der Waals surface area contributed by atoms with Crippen LogP contribution in [0.15, 0.2) is 0 Å². The summed E-state index contributed by atoms with van der Waals surface area (Å²) < 4.78 is 0. The fourth-order valence-electron chi connectivity index (χ4n) is 3.42. The highest BCUT2D eigenvalue weighted by Gasteiger charge is 2.42. The van der Waals surface area contributed by atoms with Crippen molar-refractivity contribution >= 4 is 17.8 Å². The van der Waals surface area contributed by atoms with E-state index in [-0.39, 0.29) is 30.2 Å². The highest BCUT2D eigenvalue weighted by molar-refractivity contribution is 5.91. The number of carboxylic acids is 1. The molecule has 0 spiro atoms. The number of likely N-dealkylation sites (tertiary alicyclic amines) is 2. The molecular weight excluding hydrogens is 272 g/mol. The highest BCUT2D eigenvalue weighted by Crippen LogP contribution is 2.27. The number of carbonyl (C=O) groups excluding carboxylic acids is 2. The maximum absolute atomic E-state index is 12.5. The molecule has 6 nitrogen and oxygen atoms in total. The van der Waals surface area contributed by atoms with Gasteiger partial charge in [-0.2, -0.15) is 0 Å². The minimum absolute atomic E-state index is 0.0142. The summed E-state index contributed by atoms with van der Waals surface area (Å²) in [4.78, 5) is 39.0. The minimum atomic E-state index is -0.943. The molecule has 2 heterocycles. The molecule has 0 aliphatic carbocycles. The molecule has 0 aromatic carbocycles. The van der Waals surface area contributed by atoms with Crippen molar-refractivity contribution in [3.05, 3.63) is 0 Å². The number of carbonyl (C=O) groups is 3. The van der Waals surface area contributed by atoms with Crippen molar-refractivity contribution in [2.75, 3.05) is 13.1 Å². The summed E-state index contributed by atoms with van der Waals surface area (Å²) in [5, 5.41) is 9.17. The van der Waals surface area contributed by atoms with Gasteiger partial charge >= 0.3 is 5.97 Å². The third-order valence-corrected chi connectivity index (χ3v) is 4.57. The molecule has 2 unspecified atom stereocenters. The molecule has 6 heteroatoms. The lowest BCUT2D eigenvalue weighted by Gasteiger charge is -2.26. The first-order valence-corrected chi connectivity index (χ1v) is 7.78. The molecule has 0 aromatic heterocycles.